The third-order valence-electron chi connectivity index (χ3n) is 2.57. The van der Waals surface area contributed by atoms with Crippen LogP contribution in [0.1, 0.15) is 11.1 Å². The van der Waals surface area contributed by atoms with E-state index >= 15 is 0 Å². The second kappa shape index (κ2) is 4.82. The number of anilines is 1. The molecule has 0 unspecified atom stereocenters. The van der Waals surface area contributed by atoms with Gasteiger partial charge in [-0.3, -0.25) is 0 Å². The van der Waals surface area contributed by atoms with E-state index in [4.69, 9.17) is 10.5 Å². The maximum absolute atomic E-state index is 13.9. The lowest BCUT2D eigenvalue weighted by molar-refractivity contribution is 0.384. The van der Waals surface area contributed by atoms with Crippen molar-refractivity contribution >= 4 is 5.82 Å². The summed E-state index contributed by atoms with van der Waals surface area (Å²) >= 11 is 0. The molecule has 0 aliphatic carbocycles. The van der Waals surface area contributed by atoms with Gasteiger partial charge in [0.05, 0.1) is 7.11 Å². The number of aromatic nitrogens is 1. The van der Waals surface area contributed by atoms with Gasteiger partial charge < -0.3 is 10.5 Å². The molecule has 88 valence electrons. The fraction of sp³-hybridized carbons (Fsp3) is 0.154. The van der Waals surface area contributed by atoms with Crippen LogP contribution in [0.25, 0.3) is 0 Å². The zero-order valence-corrected chi connectivity index (χ0v) is 9.48. The van der Waals surface area contributed by atoms with Gasteiger partial charge >= 0.3 is 0 Å². The SMILES string of the molecule is COc1cccc(Cc2cccnc2N)c1F. The molecule has 0 amide bonds. The normalized spacial score (nSPS) is 10.2. The lowest BCUT2D eigenvalue weighted by atomic mass is 10.0. The molecule has 1 heterocycles. The zero-order valence-electron chi connectivity index (χ0n) is 9.48. The van der Waals surface area contributed by atoms with E-state index in [9.17, 15) is 4.39 Å². The Morgan fingerprint density at radius 1 is 1.24 bits per heavy atom. The average Bonchev–Trinajstić information content (AvgIpc) is 2.34. The molecule has 2 rings (SSSR count). The Labute approximate surface area is 99.1 Å². The molecular weight excluding hydrogens is 219 g/mol. The first-order valence-electron chi connectivity index (χ1n) is 5.23. The van der Waals surface area contributed by atoms with Crippen LogP contribution in [0.3, 0.4) is 0 Å². The van der Waals surface area contributed by atoms with Crippen LogP contribution < -0.4 is 10.5 Å². The topological polar surface area (TPSA) is 48.1 Å². The number of nitrogens with two attached hydrogens (primary N) is 1. The van der Waals surface area contributed by atoms with Gasteiger partial charge in [-0.15, -0.1) is 0 Å². The first-order chi connectivity index (χ1) is 8.22. The standard InChI is InChI=1S/C13H13FN2O/c1-17-11-6-2-4-9(12(11)14)8-10-5-3-7-16-13(10)15/h2-7H,8H2,1H3,(H2,15,16). The molecule has 0 radical (unpaired) electrons. The van der Waals surface area contributed by atoms with Crippen molar-refractivity contribution in [2.24, 2.45) is 0 Å². The quantitative estimate of drug-likeness (QED) is 0.884. The first-order valence-corrected chi connectivity index (χ1v) is 5.23. The Balaban J connectivity index is 2.34. The molecule has 0 saturated carbocycles. The Bertz CT molecular complexity index is 529. The molecule has 17 heavy (non-hydrogen) atoms. The van der Waals surface area contributed by atoms with E-state index in [1.165, 1.54) is 7.11 Å². The summed E-state index contributed by atoms with van der Waals surface area (Å²) in [6.07, 6.45) is 2.02. The summed E-state index contributed by atoms with van der Waals surface area (Å²) in [7, 11) is 1.45. The Kier molecular flexibility index (Phi) is 3.23. The van der Waals surface area contributed by atoms with Crippen LogP contribution in [0.15, 0.2) is 36.5 Å². The van der Waals surface area contributed by atoms with Gasteiger partial charge in [-0.1, -0.05) is 18.2 Å². The van der Waals surface area contributed by atoms with Crippen LogP contribution in [0.4, 0.5) is 10.2 Å². The van der Waals surface area contributed by atoms with E-state index in [0.717, 1.165) is 5.56 Å². The number of ether oxygens (including phenoxy) is 1. The molecule has 0 bridgehead atoms. The fourth-order valence-electron chi connectivity index (χ4n) is 1.66. The predicted molar refractivity (Wildman–Crippen MR) is 64.4 cm³/mol. The highest BCUT2D eigenvalue weighted by Crippen LogP contribution is 2.23. The fourth-order valence-corrected chi connectivity index (χ4v) is 1.66. The molecule has 1 aromatic carbocycles. The smallest absolute Gasteiger partial charge is 0.168 e. The number of rotatable bonds is 3. The molecule has 1 aromatic heterocycles. The Morgan fingerprint density at radius 3 is 2.71 bits per heavy atom. The molecule has 4 heteroatoms. The number of pyridine rings is 1. The van der Waals surface area contributed by atoms with E-state index in [2.05, 4.69) is 4.98 Å². The average molecular weight is 232 g/mol. The van der Waals surface area contributed by atoms with Crippen molar-refractivity contribution in [1.82, 2.24) is 4.98 Å². The number of benzene rings is 1. The molecule has 2 aromatic rings. The first kappa shape index (κ1) is 11.4. The molecule has 2 N–H and O–H groups in total. The van der Waals surface area contributed by atoms with Crippen LogP contribution in [-0.2, 0) is 6.42 Å². The van der Waals surface area contributed by atoms with E-state index in [1.54, 1.807) is 30.5 Å². The molecule has 0 fully saturated rings. The van der Waals surface area contributed by atoms with Gasteiger partial charge in [0.15, 0.2) is 11.6 Å². The van der Waals surface area contributed by atoms with E-state index < -0.39 is 0 Å². The van der Waals surface area contributed by atoms with Crippen molar-refractivity contribution < 1.29 is 9.13 Å². The molecule has 0 spiro atoms. The minimum atomic E-state index is -0.349. The van der Waals surface area contributed by atoms with Crippen LogP contribution >= 0.6 is 0 Å². The van der Waals surface area contributed by atoms with Crippen molar-refractivity contribution in [1.29, 1.82) is 0 Å². The van der Waals surface area contributed by atoms with Gasteiger partial charge in [0, 0.05) is 12.6 Å². The monoisotopic (exact) mass is 232 g/mol. The lowest BCUT2D eigenvalue weighted by Crippen LogP contribution is -2.00. The summed E-state index contributed by atoms with van der Waals surface area (Å²) < 4.78 is 18.8. The lowest BCUT2D eigenvalue weighted by Gasteiger charge is -2.08. The van der Waals surface area contributed by atoms with Gasteiger partial charge in [-0.25, -0.2) is 9.37 Å². The number of nitrogens with zero attached hydrogens (tertiary/aromatic N) is 1. The largest absolute Gasteiger partial charge is 0.494 e. The predicted octanol–water partition coefficient (Wildman–Crippen LogP) is 2.40. The molecule has 3 nitrogen and oxygen atoms in total. The maximum atomic E-state index is 13.9. The van der Waals surface area contributed by atoms with Crippen molar-refractivity contribution in [2.45, 2.75) is 6.42 Å². The van der Waals surface area contributed by atoms with Gasteiger partial charge in [-0.05, 0) is 23.3 Å². The van der Waals surface area contributed by atoms with Gasteiger partial charge in [0.25, 0.3) is 0 Å². The number of hydrogen-bond acceptors (Lipinski definition) is 3. The molecular formula is C13H13FN2O. The number of nitrogen functional groups attached to an aromatic ring is 1. The molecule has 0 atom stereocenters. The highest BCUT2D eigenvalue weighted by molar-refractivity contribution is 5.43. The second-order valence-electron chi connectivity index (χ2n) is 3.66. The van der Waals surface area contributed by atoms with Crippen LogP contribution in [0.2, 0.25) is 0 Å². The van der Waals surface area contributed by atoms with Crippen molar-refractivity contribution in [2.75, 3.05) is 12.8 Å². The molecule has 0 saturated heterocycles. The van der Waals surface area contributed by atoms with Crippen LogP contribution in [0.5, 0.6) is 5.75 Å². The summed E-state index contributed by atoms with van der Waals surface area (Å²) in [5.74, 6) is 0.318. The highest BCUT2D eigenvalue weighted by Gasteiger charge is 2.10. The summed E-state index contributed by atoms with van der Waals surface area (Å²) in [6.45, 7) is 0. The highest BCUT2D eigenvalue weighted by atomic mass is 19.1. The van der Waals surface area contributed by atoms with Crippen LogP contribution in [-0.4, -0.2) is 12.1 Å². The zero-order chi connectivity index (χ0) is 12.3. The summed E-state index contributed by atoms with van der Waals surface area (Å²) in [4.78, 5) is 3.97. The van der Waals surface area contributed by atoms with Crippen LogP contribution in [0, 0.1) is 5.82 Å². The minimum Gasteiger partial charge on any atom is -0.494 e. The summed E-state index contributed by atoms with van der Waals surface area (Å²) in [6, 6.07) is 8.67. The van der Waals surface area contributed by atoms with E-state index in [0.29, 0.717) is 17.8 Å². The van der Waals surface area contributed by atoms with Gasteiger partial charge in [-0.2, -0.15) is 0 Å². The Morgan fingerprint density at radius 2 is 2.00 bits per heavy atom. The van der Waals surface area contributed by atoms with Crippen molar-refractivity contribution in [3.63, 3.8) is 0 Å². The minimum absolute atomic E-state index is 0.241. The summed E-state index contributed by atoms with van der Waals surface area (Å²) in [5.41, 5.74) is 7.07. The third-order valence-corrected chi connectivity index (χ3v) is 2.57. The second-order valence-corrected chi connectivity index (χ2v) is 3.66. The Hall–Kier alpha value is -2.10. The van der Waals surface area contributed by atoms with Gasteiger partial charge in [0.2, 0.25) is 0 Å². The number of halogens is 1. The van der Waals surface area contributed by atoms with Crippen molar-refractivity contribution in [3.8, 4) is 5.75 Å². The number of methoxy groups -OCH3 is 1. The van der Waals surface area contributed by atoms with Crippen molar-refractivity contribution in [3.05, 3.63) is 53.5 Å². The third kappa shape index (κ3) is 2.36. The number of hydrogen-bond donors (Lipinski definition) is 1. The molecule has 0 aliphatic heterocycles. The van der Waals surface area contributed by atoms with Gasteiger partial charge in [0.1, 0.15) is 5.82 Å². The van der Waals surface area contributed by atoms with E-state index in [-0.39, 0.29) is 11.6 Å². The molecule has 0 aliphatic rings. The van der Waals surface area contributed by atoms with E-state index in [1.807, 2.05) is 6.07 Å². The summed E-state index contributed by atoms with van der Waals surface area (Å²) in [5, 5.41) is 0. The maximum Gasteiger partial charge on any atom is 0.168 e.